The minimum Gasteiger partial charge on any atom is -0.371 e. The number of urea groups is 1. The topological polar surface area (TPSA) is 64.7 Å². The van der Waals surface area contributed by atoms with E-state index < -0.39 is 0 Å². The summed E-state index contributed by atoms with van der Waals surface area (Å²) in [7, 11) is 0. The van der Waals surface area contributed by atoms with Gasteiger partial charge in [0.15, 0.2) is 0 Å². The molecule has 0 bridgehead atoms. The lowest BCUT2D eigenvalue weighted by molar-refractivity contribution is 0.0793. The maximum atomic E-state index is 13.2. The predicted octanol–water partition coefficient (Wildman–Crippen LogP) is 4.78. The first-order valence-corrected chi connectivity index (χ1v) is 10.8. The number of hydrogen-bond donors (Lipinski definition) is 2. The molecule has 6 nitrogen and oxygen atoms in total. The van der Waals surface area contributed by atoms with E-state index in [1.54, 1.807) is 0 Å². The number of hydrogen-bond acceptors (Lipinski definition) is 3. The van der Waals surface area contributed by atoms with Crippen LogP contribution in [-0.4, -0.2) is 43.0 Å². The second-order valence-corrected chi connectivity index (χ2v) is 8.32. The van der Waals surface area contributed by atoms with Gasteiger partial charge in [-0.25, -0.2) is 4.79 Å². The summed E-state index contributed by atoms with van der Waals surface area (Å²) in [4.78, 5) is 30.0. The SMILES string of the molecule is Cc1ccc(NC(=O)Nc2ccc(N3CCCC3)c(C(=O)N3CCCC3)c2)c(C)c1. The molecule has 2 fully saturated rings. The fourth-order valence-corrected chi connectivity index (χ4v) is 4.35. The van der Waals surface area contributed by atoms with Gasteiger partial charge in [0.25, 0.3) is 5.91 Å². The molecule has 0 spiro atoms. The third-order valence-electron chi connectivity index (χ3n) is 5.95. The zero-order chi connectivity index (χ0) is 21.1. The second kappa shape index (κ2) is 8.78. The Bertz CT molecular complexity index is 944. The molecule has 2 heterocycles. The van der Waals surface area contributed by atoms with Gasteiger partial charge in [0.1, 0.15) is 0 Å². The van der Waals surface area contributed by atoms with Crippen molar-refractivity contribution >= 4 is 29.0 Å². The molecule has 2 aromatic carbocycles. The molecule has 3 amide bonds. The Kier molecular flexibility index (Phi) is 5.93. The first-order valence-electron chi connectivity index (χ1n) is 10.8. The third-order valence-corrected chi connectivity index (χ3v) is 5.95. The smallest absolute Gasteiger partial charge is 0.323 e. The van der Waals surface area contributed by atoms with Gasteiger partial charge in [-0.1, -0.05) is 17.7 Å². The summed E-state index contributed by atoms with van der Waals surface area (Å²) in [6.07, 6.45) is 4.41. The molecular weight excluding hydrogens is 376 g/mol. The van der Waals surface area contributed by atoms with E-state index in [9.17, 15) is 9.59 Å². The van der Waals surface area contributed by atoms with Crippen LogP contribution in [0.5, 0.6) is 0 Å². The molecule has 30 heavy (non-hydrogen) atoms. The fraction of sp³-hybridized carbons (Fsp3) is 0.417. The molecule has 2 aromatic rings. The standard InChI is InChI=1S/C24H30N4O2/c1-17-7-9-21(18(2)15-17)26-24(30)25-19-8-10-22(27-11-3-4-12-27)20(16-19)23(29)28-13-5-6-14-28/h7-10,15-16H,3-6,11-14H2,1-2H3,(H2,25,26,30). The Labute approximate surface area is 178 Å². The van der Waals surface area contributed by atoms with Crippen LogP contribution in [0, 0.1) is 13.8 Å². The van der Waals surface area contributed by atoms with Gasteiger partial charge in [-0.2, -0.15) is 0 Å². The van der Waals surface area contributed by atoms with Crippen LogP contribution in [0.3, 0.4) is 0 Å². The summed E-state index contributed by atoms with van der Waals surface area (Å²) in [6, 6.07) is 11.3. The van der Waals surface area contributed by atoms with Crippen LogP contribution in [0.1, 0.15) is 47.2 Å². The minimum absolute atomic E-state index is 0.0628. The second-order valence-electron chi connectivity index (χ2n) is 8.32. The van der Waals surface area contributed by atoms with E-state index in [-0.39, 0.29) is 11.9 Å². The van der Waals surface area contributed by atoms with E-state index in [1.807, 2.05) is 55.1 Å². The summed E-state index contributed by atoms with van der Waals surface area (Å²) in [5, 5.41) is 5.80. The van der Waals surface area contributed by atoms with Crippen molar-refractivity contribution in [1.82, 2.24) is 4.90 Å². The number of aryl methyl sites for hydroxylation is 2. The summed E-state index contributed by atoms with van der Waals surface area (Å²) < 4.78 is 0. The summed E-state index contributed by atoms with van der Waals surface area (Å²) in [5.74, 6) is 0.0628. The van der Waals surface area contributed by atoms with Crippen LogP contribution in [0.15, 0.2) is 36.4 Å². The number of nitrogens with zero attached hydrogens (tertiary/aromatic N) is 2. The van der Waals surface area contributed by atoms with Gasteiger partial charge in [0.2, 0.25) is 0 Å². The van der Waals surface area contributed by atoms with Crippen molar-refractivity contribution in [3.63, 3.8) is 0 Å². The van der Waals surface area contributed by atoms with E-state index in [1.165, 1.54) is 0 Å². The lowest BCUT2D eigenvalue weighted by Gasteiger charge is -2.24. The predicted molar refractivity (Wildman–Crippen MR) is 122 cm³/mol. The van der Waals surface area contributed by atoms with Crippen molar-refractivity contribution < 1.29 is 9.59 Å². The van der Waals surface area contributed by atoms with E-state index in [0.29, 0.717) is 11.3 Å². The summed E-state index contributed by atoms with van der Waals surface area (Å²) in [5.41, 5.74) is 5.23. The monoisotopic (exact) mass is 406 g/mol. The Morgan fingerprint density at radius 2 is 1.53 bits per heavy atom. The van der Waals surface area contributed by atoms with Crippen LogP contribution in [-0.2, 0) is 0 Å². The number of carbonyl (C=O) groups is 2. The molecule has 2 aliphatic heterocycles. The first kappa shape index (κ1) is 20.3. The summed E-state index contributed by atoms with van der Waals surface area (Å²) in [6.45, 7) is 7.56. The Hall–Kier alpha value is -3.02. The first-order chi connectivity index (χ1) is 14.5. The molecule has 4 rings (SSSR count). The molecule has 0 radical (unpaired) electrons. The molecule has 0 aliphatic carbocycles. The zero-order valence-electron chi connectivity index (χ0n) is 17.8. The molecule has 158 valence electrons. The van der Waals surface area contributed by atoms with Crippen molar-refractivity contribution in [2.75, 3.05) is 41.7 Å². The quantitative estimate of drug-likeness (QED) is 0.768. The van der Waals surface area contributed by atoms with Crippen LogP contribution in [0.25, 0.3) is 0 Å². The van der Waals surface area contributed by atoms with Crippen LogP contribution < -0.4 is 15.5 Å². The van der Waals surface area contributed by atoms with Gasteiger partial charge in [-0.3, -0.25) is 4.79 Å². The van der Waals surface area contributed by atoms with Crippen molar-refractivity contribution in [3.05, 3.63) is 53.1 Å². The zero-order valence-corrected chi connectivity index (χ0v) is 17.8. The highest BCUT2D eigenvalue weighted by Gasteiger charge is 2.25. The van der Waals surface area contributed by atoms with E-state index in [4.69, 9.17) is 0 Å². The molecule has 2 N–H and O–H groups in total. The molecule has 2 aliphatic rings. The molecule has 0 unspecified atom stereocenters. The number of nitrogens with one attached hydrogen (secondary N) is 2. The van der Waals surface area contributed by atoms with Crippen molar-refractivity contribution in [3.8, 4) is 0 Å². The lowest BCUT2D eigenvalue weighted by Crippen LogP contribution is -2.30. The molecular formula is C24H30N4O2. The summed E-state index contributed by atoms with van der Waals surface area (Å²) >= 11 is 0. The van der Waals surface area contributed by atoms with Gasteiger partial charge in [0.05, 0.1) is 5.56 Å². The van der Waals surface area contributed by atoms with Gasteiger partial charge >= 0.3 is 6.03 Å². The van der Waals surface area contributed by atoms with Crippen molar-refractivity contribution in [2.24, 2.45) is 0 Å². The third kappa shape index (κ3) is 4.42. The van der Waals surface area contributed by atoms with Crippen molar-refractivity contribution in [2.45, 2.75) is 39.5 Å². The highest BCUT2D eigenvalue weighted by molar-refractivity contribution is 6.04. The maximum absolute atomic E-state index is 13.2. The molecule has 2 saturated heterocycles. The van der Waals surface area contributed by atoms with Gasteiger partial charge in [0, 0.05) is 43.2 Å². The highest BCUT2D eigenvalue weighted by Crippen LogP contribution is 2.29. The van der Waals surface area contributed by atoms with E-state index >= 15 is 0 Å². The lowest BCUT2D eigenvalue weighted by atomic mass is 10.1. The average Bonchev–Trinajstić information content (AvgIpc) is 3.44. The number of anilines is 3. The number of amides is 3. The average molecular weight is 407 g/mol. The number of carbonyl (C=O) groups excluding carboxylic acids is 2. The van der Waals surface area contributed by atoms with E-state index in [2.05, 4.69) is 15.5 Å². The molecule has 0 atom stereocenters. The van der Waals surface area contributed by atoms with Crippen LogP contribution in [0.4, 0.5) is 21.9 Å². The van der Waals surface area contributed by atoms with Gasteiger partial charge < -0.3 is 20.4 Å². The van der Waals surface area contributed by atoms with Gasteiger partial charge in [-0.15, -0.1) is 0 Å². The minimum atomic E-state index is -0.310. The highest BCUT2D eigenvalue weighted by atomic mass is 16.2. The van der Waals surface area contributed by atoms with E-state index in [0.717, 1.165) is 74.4 Å². The number of rotatable bonds is 4. The normalized spacial score (nSPS) is 16.1. The van der Waals surface area contributed by atoms with Crippen LogP contribution >= 0.6 is 0 Å². The molecule has 0 aromatic heterocycles. The number of benzene rings is 2. The Morgan fingerprint density at radius 1 is 0.833 bits per heavy atom. The number of likely N-dealkylation sites (tertiary alicyclic amines) is 1. The fourth-order valence-electron chi connectivity index (χ4n) is 4.35. The largest absolute Gasteiger partial charge is 0.371 e. The molecule has 6 heteroatoms. The maximum Gasteiger partial charge on any atom is 0.323 e. The van der Waals surface area contributed by atoms with Crippen molar-refractivity contribution in [1.29, 1.82) is 0 Å². The Balaban J connectivity index is 1.54. The van der Waals surface area contributed by atoms with Crippen LogP contribution in [0.2, 0.25) is 0 Å². The molecule has 0 saturated carbocycles. The van der Waals surface area contributed by atoms with Gasteiger partial charge in [-0.05, 0) is 69.4 Å². The Morgan fingerprint density at radius 3 is 2.23 bits per heavy atom.